The van der Waals surface area contributed by atoms with Crippen LogP contribution in [0.5, 0.6) is 0 Å². The van der Waals surface area contributed by atoms with Gasteiger partial charge >= 0.3 is 5.97 Å². The third-order valence-electron chi connectivity index (χ3n) is 5.39. The van der Waals surface area contributed by atoms with Crippen LogP contribution in [0.15, 0.2) is 60.7 Å². The lowest BCUT2D eigenvalue weighted by Gasteiger charge is -2.30. The molecule has 6 nitrogen and oxygen atoms in total. The second-order valence-corrected chi connectivity index (χ2v) is 7.32. The van der Waals surface area contributed by atoms with Crippen molar-refractivity contribution in [3.05, 3.63) is 71.8 Å². The second-order valence-electron chi connectivity index (χ2n) is 7.32. The minimum absolute atomic E-state index is 0.130. The molecule has 0 aromatic heterocycles. The van der Waals surface area contributed by atoms with Crippen molar-refractivity contribution >= 4 is 17.8 Å². The molecule has 6 heteroatoms. The number of benzene rings is 2. The van der Waals surface area contributed by atoms with E-state index in [1.165, 1.54) is 9.80 Å². The quantitative estimate of drug-likeness (QED) is 0.782. The first-order valence-electron chi connectivity index (χ1n) is 9.22. The Bertz CT molecular complexity index is 869. The number of aliphatic carboxylic acids is 1. The van der Waals surface area contributed by atoms with E-state index in [0.717, 1.165) is 11.1 Å². The molecule has 0 spiro atoms. The number of nitrogens with zero attached hydrogens (tertiary/aromatic N) is 2. The van der Waals surface area contributed by atoms with Crippen LogP contribution in [0.3, 0.4) is 0 Å². The zero-order valence-corrected chi connectivity index (χ0v) is 16.0. The molecule has 2 aromatic rings. The van der Waals surface area contributed by atoms with Crippen LogP contribution >= 0.6 is 0 Å². The SMILES string of the molecule is C[C@H](c1ccccc1)N1C[C@](C(=O)O)(C(=O)N(C)Cc2ccccc2)CC1=O. The molecule has 2 atom stereocenters. The average molecular weight is 380 g/mol. The van der Waals surface area contributed by atoms with Gasteiger partial charge in [-0.05, 0) is 18.1 Å². The Balaban J connectivity index is 1.83. The fourth-order valence-corrected chi connectivity index (χ4v) is 3.73. The fraction of sp³-hybridized carbons (Fsp3) is 0.318. The molecule has 1 heterocycles. The van der Waals surface area contributed by atoms with Crippen LogP contribution in [0.2, 0.25) is 0 Å². The molecule has 1 aliphatic rings. The minimum Gasteiger partial charge on any atom is -0.480 e. The molecule has 0 bridgehead atoms. The van der Waals surface area contributed by atoms with Crippen molar-refractivity contribution in [3.63, 3.8) is 0 Å². The summed E-state index contributed by atoms with van der Waals surface area (Å²) in [6.07, 6.45) is -0.322. The van der Waals surface area contributed by atoms with Gasteiger partial charge in [0.05, 0.1) is 12.5 Å². The number of carboxylic acid groups (broad SMARTS) is 1. The number of rotatable bonds is 6. The molecule has 28 heavy (non-hydrogen) atoms. The number of amides is 2. The third-order valence-corrected chi connectivity index (χ3v) is 5.39. The minimum atomic E-state index is -1.76. The Morgan fingerprint density at radius 1 is 1.11 bits per heavy atom. The van der Waals surface area contributed by atoms with Crippen molar-refractivity contribution in [1.29, 1.82) is 0 Å². The van der Waals surface area contributed by atoms with Gasteiger partial charge in [0.15, 0.2) is 5.41 Å². The first-order chi connectivity index (χ1) is 13.3. The van der Waals surface area contributed by atoms with E-state index in [2.05, 4.69) is 0 Å². The highest BCUT2D eigenvalue weighted by molar-refractivity contribution is 6.07. The molecular formula is C22H24N2O4. The summed E-state index contributed by atoms with van der Waals surface area (Å²) in [7, 11) is 1.58. The molecule has 1 aliphatic heterocycles. The first kappa shape index (κ1) is 19.6. The van der Waals surface area contributed by atoms with Gasteiger partial charge in [-0.25, -0.2) is 0 Å². The topological polar surface area (TPSA) is 77.9 Å². The number of carboxylic acids is 1. The molecule has 0 unspecified atom stereocenters. The third kappa shape index (κ3) is 3.63. The van der Waals surface area contributed by atoms with Crippen molar-refractivity contribution < 1.29 is 19.5 Å². The van der Waals surface area contributed by atoms with Gasteiger partial charge in [-0.3, -0.25) is 14.4 Å². The van der Waals surface area contributed by atoms with Crippen LogP contribution in [0.25, 0.3) is 0 Å². The van der Waals surface area contributed by atoms with Crippen molar-refractivity contribution in [2.75, 3.05) is 13.6 Å². The van der Waals surface area contributed by atoms with Gasteiger partial charge < -0.3 is 14.9 Å². The summed E-state index contributed by atoms with van der Waals surface area (Å²) in [5.41, 5.74) is 0.0452. The molecule has 146 valence electrons. The van der Waals surface area contributed by atoms with Crippen LogP contribution in [-0.4, -0.2) is 46.3 Å². The first-order valence-corrected chi connectivity index (χ1v) is 9.22. The smallest absolute Gasteiger partial charge is 0.321 e. The lowest BCUT2D eigenvalue weighted by molar-refractivity contribution is -0.160. The Hall–Kier alpha value is -3.15. The van der Waals surface area contributed by atoms with E-state index in [1.54, 1.807) is 7.05 Å². The van der Waals surface area contributed by atoms with E-state index in [1.807, 2.05) is 67.6 Å². The van der Waals surface area contributed by atoms with Gasteiger partial charge in [-0.1, -0.05) is 60.7 Å². The van der Waals surface area contributed by atoms with Crippen molar-refractivity contribution in [2.24, 2.45) is 5.41 Å². The predicted molar refractivity (Wildman–Crippen MR) is 104 cm³/mol. The molecule has 1 N–H and O–H groups in total. The van der Waals surface area contributed by atoms with E-state index in [4.69, 9.17) is 0 Å². The van der Waals surface area contributed by atoms with Crippen LogP contribution < -0.4 is 0 Å². The molecule has 0 radical (unpaired) electrons. The monoisotopic (exact) mass is 380 g/mol. The van der Waals surface area contributed by atoms with E-state index < -0.39 is 17.3 Å². The largest absolute Gasteiger partial charge is 0.480 e. The molecule has 3 rings (SSSR count). The van der Waals surface area contributed by atoms with E-state index in [-0.39, 0.29) is 31.5 Å². The van der Waals surface area contributed by atoms with Gasteiger partial charge in [0.2, 0.25) is 11.8 Å². The van der Waals surface area contributed by atoms with Gasteiger partial charge in [0, 0.05) is 20.1 Å². The highest BCUT2D eigenvalue weighted by Gasteiger charge is 2.56. The maximum absolute atomic E-state index is 13.1. The van der Waals surface area contributed by atoms with Gasteiger partial charge in [0.25, 0.3) is 0 Å². The summed E-state index contributed by atoms with van der Waals surface area (Å²) in [5, 5.41) is 9.91. The number of hydrogen-bond donors (Lipinski definition) is 1. The van der Waals surface area contributed by atoms with Crippen LogP contribution in [0, 0.1) is 5.41 Å². The molecule has 0 aliphatic carbocycles. The molecule has 1 fully saturated rings. The van der Waals surface area contributed by atoms with Crippen LogP contribution in [0.1, 0.15) is 30.5 Å². The zero-order chi connectivity index (χ0) is 20.3. The van der Waals surface area contributed by atoms with E-state index >= 15 is 0 Å². The number of carbonyl (C=O) groups is 3. The Kier molecular flexibility index (Phi) is 5.49. The Labute approximate surface area is 164 Å². The van der Waals surface area contributed by atoms with Crippen molar-refractivity contribution in [1.82, 2.24) is 9.80 Å². The molecule has 2 aromatic carbocycles. The number of carbonyl (C=O) groups excluding carboxylic acids is 2. The lowest BCUT2D eigenvalue weighted by atomic mass is 9.85. The van der Waals surface area contributed by atoms with Crippen LogP contribution in [-0.2, 0) is 20.9 Å². The average Bonchev–Trinajstić information content (AvgIpc) is 3.07. The fourth-order valence-electron chi connectivity index (χ4n) is 3.73. The molecule has 0 saturated carbocycles. The summed E-state index contributed by atoms with van der Waals surface area (Å²) in [4.78, 5) is 40.9. The Morgan fingerprint density at radius 3 is 2.25 bits per heavy atom. The Morgan fingerprint density at radius 2 is 1.68 bits per heavy atom. The predicted octanol–water partition coefficient (Wildman–Crippen LogP) is 2.71. The maximum atomic E-state index is 13.1. The standard InChI is InChI=1S/C22H24N2O4/c1-16(18-11-7-4-8-12-18)24-15-22(21(27)28,13-19(24)25)20(26)23(2)14-17-9-5-3-6-10-17/h3-12,16H,13-15H2,1-2H3,(H,27,28)/t16-,22+/m1/s1. The normalized spacial score (nSPS) is 20.1. The lowest BCUT2D eigenvalue weighted by Crippen LogP contribution is -2.49. The van der Waals surface area contributed by atoms with Gasteiger partial charge in [-0.15, -0.1) is 0 Å². The summed E-state index contributed by atoms with van der Waals surface area (Å²) in [6, 6.07) is 18.5. The van der Waals surface area contributed by atoms with Gasteiger partial charge in [-0.2, -0.15) is 0 Å². The van der Waals surface area contributed by atoms with E-state index in [9.17, 15) is 19.5 Å². The highest BCUT2D eigenvalue weighted by Crippen LogP contribution is 2.38. The van der Waals surface area contributed by atoms with Crippen LogP contribution in [0.4, 0.5) is 0 Å². The molecular weight excluding hydrogens is 356 g/mol. The number of hydrogen-bond acceptors (Lipinski definition) is 3. The summed E-state index contributed by atoms with van der Waals surface area (Å²) >= 11 is 0. The summed E-state index contributed by atoms with van der Waals surface area (Å²) in [6.45, 7) is 2.01. The summed E-state index contributed by atoms with van der Waals surface area (Å²) < 4.78 is 0. The summed E-state index contributed by atoms with van der Waals surface area (Å²) in [5.74, 6) is -2.12. The van der Waals surface area contributed by atoms with Gasteiger partial charge in [0.1, 0.15) is 0 Å². The maximum Gasteiger partial charge on any atom is 0.321 e. The van der Waals surface area contributed by atoms with Crippen molar-refractivity contribution in [3.8, 4) is 0 Å². The second kappa shape index (κ2) is 7.84. The molecule has 2 amide bonds. The molecule has 1 saturated heterocycles. The zero-order valence-electron chi connectivity index (χ0n) is 16.0. The highest BCUT2D eigenvalue weighted by atomic mass is 16.4. The number of likely N-dealkylation sites (tertiary alicyclic amines) is 1. The van der Waals surface area contributed by atoms with Crippen molar-refractivity contribution in [2.45, 2.75) is 25.9 Å². The van der Waals surface area contributed by atoms with E-state index in [0.29, 0.717) is 0 Å².